The predicted octanol–water partition coefficient (Wildman–Crippen LogP) is 4.12. The molecule has 0 saturated heterocycles. The first-order chi connectivity index (χ1) is 8.73. The first kappa shape index (κ1) is 14.4. The van der Waals surface area contributed by atoms with Crippen LogP contribution in [-0.2, 0) is 5.60 Å². The van der Waals surface area contributed by atoms with E-state index in [2.05, 4.69) is 20.8 Å². The number of ether oxygens (including phenoxy) is 1. The second kappa shape index (κ2) is 4.82. The molecule has 2 rings (SSSR count). The molecule has 0 heterocycles. The summed E-state index contributed by atoms with van der Waals surface area (Å²) in [6.45, 7) is 10.6. The largest absolute Gasteiger partial charge is 0.491 e. The van der Waals surface area contributed by atoms with Gasteiger partial charge in [-0.3, -0.25) is 0 Å². The van der Waals surface area contributed by atoms with E-state index in [9.17, 15) is 5.11 Å². The molecule has 1 aromatic carbocycles. The van der Waals surface area contributed by atoms with Gasteiger partial charge >= 0.3 is 0 Å². The highest BCUT2D eigenvalue weighted by atomic mass is 16.5. The second-order valence-corrected chi connectivity index (χ2v) is 7.06. The Balaban J connectivity index is 2.31. The molecule has 1 saturated carbocycles. The van der Waals surface area contributed by atoms with Crippen LogP contribution in [0, 0.1) is 11.3 Å². The molecule has 1 fully saturated rings. The summed E-state index contributed by atoms with van der Waals surface area (Å²) in [6.07, 6.45) is 2.02. The molecule has 2 heteroatoms. The van der Waals surface area contributed by atoms with Gasteiger partial charge in [-0.05, 0) is 55.7 Å². The Kier molecular flexibility index (Phi) is 3.65. The van der Waals surface area contributed by atoms with Gasteiger partial charge in [0.05, 0.1) is 11.7 Å². The smallest absolute Gasteiger partial charge is 0.120 e. The first-order valence-corrected chi connectivity index (χ1v) is 7.22. The number of hydrogen-bond donors (Lipinski definition) is 1. The van der Waals surface area contributed by atoms with Crippen molar-refractivity contribution in [3.63, 3.8) is 0 Å². The molecule has 106 valence electrons. The van der Waals surface area contributed by atoms with E-state index < -0.39 is 5.60 Å². The highest BCUT2D eigenvalue weighted by molar-refractivity contribution is 5.34. The van der Waals surface area contributed by atoms with E-state index in [0.29, 0.717) is 0 Å². The molecule has 1 aliphatic carbocycles. The van der Waals surface area contributed by atoms with Crippen molar-refractivity contribution < 1.29 is 9.84 Å². The normalized spacial score (nSPS) is 29.7. The molecule has 2 unspecified atom stereocenters. The van der Waals surface area contributed by atoms with Gasteiger partial charge in [-0.15, -0.1) is 0 Å². The summed E-state index contributed by atoms with van der Waals surface area (Å²) in [7, 11) is 0. The Morgan fingerprint density at radius 3 is 2.53 bits per heavy atom. The van der Waals surface area contributed by atoms with Crippen molar-refractivity contribution in [2.45, 2.75) is 59.2 Å². The third kappa shape index (κ3) is 2.94. The number of hydrogen-bond acceptors (Lipinski definition) is 2. The monoisotopic (exact) mass is 262 g/mol. The van der Waals surface area contributed by atoms with E-state index in [1.807, 2.05) is 38.1 Å². The van der Waals surface area contributed by atoms with Gasteiger partial charge in [0.2, 0.25) is 0 Å². The van der Waals surface area contributed by atoms with Crippen LogP contribution in [0.2, 0.25) is 0 Å². The van der Waals surface area contributed by atoms with Crippen LogP contribution in [0.5, 0.6) is 5.75 Å². The molecule has 1 aromatic rings. The van der Waals surface area contributed by atoms with Gasteiger partial charge in [-0.1, -0.05) is 32.9 Å². The molecule has 19 heavy (non-hydrogen) atoms. The lowest BCUT2D eigenvalue weighted by atomic mass is 9.83. The fourth-order valence-corrected chi connectivity index (χ4v) is 3.47. The average molecular weight is 262 g/mol. The van der Waals surface area contributed by atoms with Gasteiger partial charge in [0.1, 0.15) is 5.75 Å². The van der Waals surface area contributed by atoms with Crippen molar-refractivity contribution in [2.24, 2.45) is 11.3 Å². The van der Waals surface area contributed by atoms with Crippen LogP contribution in [0.3, 0.4) is 0 Å². The van der Waals surface area contributed by atoms with E-state index in [0.717, 1.165) is 24.2 Å². The topological polar surface area (TPSA) is 29.5 Å². The third-order valence-electron chi connectivity index (χ3n) is 4.13. The Hall–Kier alpha value is -1.02. The van der Waals surface area contributed by atoms with E-state index >= 15 is 0 Å². The summed E-state index contributed by atoms with van der Waals surface area (Å²) >= 11 is 0. The fraction of sp³-hybridized carbons (Fsp3) is 0.647. The third-order valence-corrected chi connectivity index (χ3v) is 4.13. The molecule has 0 bridgehead atoms. The summed E-state index contributed by atoms with van der Waals surface area (Å²) in [5.41, 5.74) is 0.465. The fourth-order valence-electron chi connectivity index (χ4n) is 3.47. The highest BCUT2D eigenvalue weighted by Gasteiger charge is 2.48. The van der Waals surface area contributed by atoms with Crippen molar-refractivity contribution in [1.82, 2.24) is 0 Å². The molecular weight excluding hydrogens is 236 g/mol. The van der Waals surface area contributed by atoms with Crippen molar-refractivity contribution in [2.75, 3.05) is 0 Å². The molecule has 1 N–H and O–H groups in total. The second-order valence-electron chi connectivity index (χ2n) is 7.06. The van der Waals surface area contributed by atoms with E-state index in [1.165, 1.54) is 0 Å². The average Bonchev–Trinajstić information content (AvgIpc) is 2.48. The molecule has 2 nitrogen and oxygen atoms in total. The minimum absolute atomic E-state index is 0.155. The first-order valence-electron chi connectivity index (χ1n) is 7.22. The number of aliphatic hydroxyl groups is 1. The van der Waals surface area contributed by atoms with E-state index in [1.54, 1.807) is 0 Å². The highest BCUT2D eigenvalue weighted by Crippen LogP contribution is 2.52. The minimum Gasteiger partial charge on any atom is -0.491 e. The molecular formula is C17H26O2. The van der Waals surface area contributed by atoms with Crippen molar-refractivity contribution in [1.29, 1.82) is 0 Å². The van der Waals surface area contributed by atoms with Crippen LogP contribution in [0.25, 0.3) is 0 Å². The van der Waals surface area contributed by atoms with Gasteiger partial charge in [0, 0.05) is 0 Å². The predicted molar refractivity (Wildman–Crippen MR) is 78.3 cm³/mol. The standard InChI is InChI=1S/C17H26O2/c1-12(2)19-15-8-6-7-14(9-15)17(18)11-16(4,5)10-13(17)3/h6-9,12-13,18H,10-11H2,1-5H3. The van der Waals surface area contributed by atoms with Gasteiger partial charge < -0.3 is 9.84 Å². The Morgan fingerprint density at radius 1 is 1.32 bits per heavy atom. The maximum absolute atomic E-state index is 11.1. The summed E-state index contributed by atoms with van der Waals surface area (Å²) in [6, 6.07) is 7.95. The summed E-state index contributed by atoms with van der Waals surface area (Å²) in [5, 5.41) is 11.1. The van der Waals surface area contributed by atoms with Crippen molar-refractivity contribution in [3.8, 4) is 5.75 Å². The molecule has 0 amide bonds. The van der Waals surface area contributed by atoms with E-state index in [4.69, 9.17) is 4.74 Å². The summed E-state index contributed by atoms with van der Waals surface area (Å²) in [4.78, 5) is 0. The van der Waals surface area contributed by atoms with Gasteiger partial charge in [-0.2, -0.15) is 0 Å². The van der Waals surface area contributed by atoms with Crippen molar-refractivity contribution >= 4 is 0 Å². The zero-order valence-electron chi connectivity index (χ0n) is 12.7. The molecule has 0 aromatic heterocycles. The quantitative estimate of drug-likeness (QED) is 0.888. The van der Waals surface area contributed by atoms with Crippen LogP contribution < -0.4 is 4.74 Å². The lowest BCUT2D eigenvalue weighted by Crippen LogP contribution is -2.29. The maximum atomic E-state index is 11.1. The van der Waals surface area contributed by atoms with E-state index in [-0.39, 0.29) is 17.4 Å². The lowest BCUT2D eigenvalue weighted by Gasteiger charge is -2.29. The zero-order chi connectivity index (χ0) is 14.3. The lowest BCUT2D eigenvalue weighted by molar-refractivity contribution is -0.00112. The van der Waals surface area contributed by atoms with Crippen LogP contribution in [0.1, 0.15) is 53.0 Å². The molecule has 1 aliphatic rings. The van der Waals surface area contributed by atoms with Gasteiger partial charge in [-0.25, -0.2) is 0 Å². The van der Waals surface area contributed by atoms with Crippen LogP contribution in [0.4, 0.5) is 0 Å². The molecule has 2 atom stereocenters. The Bertz CT molecular complexity index is 450. The van der Waals surface area contributed by atoms with Crippen LogP contribution >= 0.6 is 0 Å². The summed E-state index contributed by atoms with van der Waals surface area (Å²) < 4.78 is 5.74. The van der Waals surface area contributed by atoms with Gasteiger partial charge in [0.25, 0.3) is 0 Å². The maximum Gasteiger partial charge on any atom is 0.120 e. The molecule has 0 radical (unpaired) electrons. The zero-order valence-corrected chi connectivity index (χ0v) is 12.7. The van der Waals surface area contributed by atoms with Crippen LogP contribution in [0.15, 0.2) is 24.3 Å². The molecule has 0 spiro atoms. The van der Waals surface area contributed by atoms with Gasteiger partial charge in [0.15, 0.2) is 0 Å². The van der Waals surface area contributed by atoms with Crippen LogP contribution in [-0.4, -0.2) is 11.2 Å². The number of rotatable bonds is 3. The SMILES string of the molecule is CC(C)Oc1cccc(C2(O)CC(C)(C)CC2C)c1. The number of benzene rings is 1. The van der Waals surface area contributed by atoms with Crippen molar-refractivity contribution in [3.05, 3.63) is 29.8 Å². The minimum atomic E-state index is -0.722. The Morgan fingerprint density at radius 2 is 2.00 bits per heavy atom. The molecule has 0 aliphatic heterocycles. The Labute approximate surface area is 116 Å². The summed E-state index contributed by atoms with van der Waals surface area (Å²) in [5.74, 6) is 1.12.